The van der Waals surface area contributed by atoms with Crippen molar-refractivity contribution >= 4 is 29.2 Å². The topological polar surface area (TPSA) is 53.5 Å². The highest BCUT2D eigenvalue weighted by molar-refractivity contribution is 6.31. The second-order valence-electron chi connectivity index (χ2n) is 7.76. The van der Waals surface area contributed by atoms with Crippen molar-refractivity contribution in [1.82, 2.24) is 5.32 Å². The Morgan fingerprint density at radius 3 is 2.12 bits per heavy atom. The number of halogens is 4. The molecule has 0 aromatic heterocycles. The standard InChI is InChI=1S/C25H23ClF3N3O/c1-15(17-3-7-20(27)8-4-17)11-16(2)30-25(31-23-13-19(26)12-22(29)14-23)32-24(33)18-5-9-21(28)10-6-18/h3-10,12-16H,11H2,1-2H3,(H2,30,31,32,33). The molecule has 0 aliphatic carbocycles. The van der Waals surface area contributed by atoms with Crippen LogP contribution >= 0.6 is 11.6 Å². The third-order valence-corrected chi connectivity index (χ3v) is 5.17. The van der Waals surface area contributed by atoms with Crippen LogP contribution in [0.1, 0.15) is 42.1 Å². The Morgan fingerprint density at radius 1 is 0.909 bits per heavy atom. The van der Waals surface area contributed by atoms with E-state index in [0.29, 0.717) is 12.1 Å². The van der Waals surface area contributed by atoms with Gasteiger partial charge in [0, 0.05) is 16.3 Å². The van der Waals surface area contributed by atoms with Crippen molar-refractivity contribution < 1.29 is 18.0 Å². The normalized spacial score (nSPS) is 13.3. The molecule has 0 saturated carbocycles. The fraction of sp³-hybridized carbons (Fsp3) is 0.200. The molecule has 4 nitrogen and oxygen atoms in total. The van der Waals surface area contributed by atoms with Gasteiger partial charge in [-0.25, -0.2) is 18.2 Å². The van der Waals surface area contributed by atoms with Crippen LogP contribution in [0.4, 0.5) is 18.9 Å². The van der Waals surface area contributed by atoms with Gasteiger partial charge in [-0.1, -0.05) is 30.7 Å². The number of carbonyl (C=O) groups is 1. The maximum absolute atomic E-state index is 13.8. The molecule has 0 aliphatic rings. The number of rotatable bonds is 6. The molecule has 172 valence electrons. The number of carbonyl (C=O) groups excluding carboxylic acids is 1. The zero-order chi connectivity index (χ0) is 24.0. The van der Waals surface area contributed by atoms with E-state index in [4.69, 9.17) is 11.6 Å². The minimum Gasteiger partial charge on any atom is -0.326 e. The predicted molar refractivity (Wildman–Crippen MR) is 125 cm³/mol. The third-order valence-electron chi connectivity index (χ3n) is 4.95. The van der Waals surface area contributed by atoms with Crippen LogP contribution in [0, 0.1) is 17.5 Å². The summed E-state index contributed by atoms with van der Waals surface area (Å²) in [6.45, 7) is 3.86. The van der Waals surface area contributed by atoms with E-state index in [0.717, 1.165) is 11.6 Å². The molecule has 2 atom stereocenters. The molecule has 2 N–H and O–H groups in total. The van der Waals surface area contributed by atoms with E-state index in [9.17, 15) is 18.0 Å². The first-order valence-electron chi connectivity index (χ1n) is 10.3. The lowest BCUT2D eigenvalue weighted by Crippen LogP contribution is -2.37. The lowest BCUT2D eigenvalue weighted by atomic mass is 9.95. The van der Waals surface area contributed by atoms with Gasteiger partial charge in [-0.3, -0.25) is 10.1 Å². The van der Waals surface area contributed by atoms with Crippen LogP contribution in [-0.4, -0.2) is 17.9 Å². The van der Waals surface area contributed by atoms with E-state index in [2.05, 4.69) is 15.6 Å². The third kappa shape index (κ3) is 7.36. The first kappa shape index (κ1) is 24.3. The summed E-state index contributed by atoms with van der Waals surface area (Å²) in [4.78, 5) is 17.2. The number of hydrogen-bond acceptors (Lipinski definition) is 2. The molecule has 0 fully saturated rings. The number of nitrogens with one attached hydrogen (secondary N) is 2. The fourth-order valence-corrected chi connectivity index (χ4v) is 3.57. The molecule has 33 heavy (non-hydrogen) atoms. The Morgan fingerprint density at radius 2 is 1.52 bits per heavy atom. The van der Waals surface area contributed by atoms with Gasteiger partial charge >= 0.3 is 0 Å². The Bertz CT molecular complexity index is 1110. The number of hydrogen-bond donors (Lipinski definition) is 2. The number of anilines is 1. The molecule has 8 heteroatoms. The van der Waals surface area contributed by atoms with Crippen molar-refractivity contribution in [3.05, 3.63) is 100 Å². The molecule has 3 aromatic carbocycles. The molecule has 3 aromatic rings. The van der Waals surface area contributed by atoms with Gasteiger partial charge in [0.15, 0.2) is 0 Å². The van der Waals surface area contributed by atoms with Crippen LogP contribution in [0.15, 0.2) is 71.7 Å². The molecule has 1 amide bonds. The number of guanidine groups is 1. The molecule has 0 spiro atoms. The van der Waals surface area contributed by atoms with Crippen LogP contribution in [0.5, 0.6) is 0 Å². The summed E-state index contributed by atoms with van der Waals surface area (Å²) < 4.78 is 40.2. The van der Waals surface area contributed by atoms with Crippen LogP contribution in [0.25, 0.3) is 0 Å². The van der Waals surface area contributed by atoms with Crippen molar-refractivity contribution in [3.63, 3.8) is 0 Å². The molecule has 0 radical (unpaired) electrons. The number of benzene rings is 3. The Kier molecular flexibility index (Phi) is 8.11. The van der Waals surface area contributed by atoms with Gasteiger partial charge in [-0.15, -0.1) is 0 Å². The Labute approximate surface area is 195 Å². The van der Waals surface area contributed by atoms with Gasteiger partial charge < -0.3 is 5.32 Å². The maximum Gasteiger partial charge on any atom is 0.257 e. The molecular formula is C25H23ClF3N3O. The predicted octanol–water partition coefficient (Wildman–Crippen LogP) is 6.54. The van der Waals surface area contributed by atoms with Gasteiger partial charge in [0.05, 0.1) is 6.04 Å². The molecule has 0 heterocycles. The summed E-state index contributed by atoms with van der Waals surface area (Å²) in [6.07, 6.45) is 0.604. The van der Waals surface area contributed by atoms with E-state index in [1.807, 2.05) is 13.8 Å². The van der Waals surface area contributed by atoms with E-state index >= 15 is 0 Å². The summed E-state index contributed by atoms with van der Waals surface area (Å²) >= 11 is 5.93. The van der Waals surface area contributed by atoms with Crippen LogP contribution in [0.2, 0.25) is 5.02 Å². The zero-order valence-electron chi connectivity index (χ0n) is 18.1. The Balaban J connectivity index is 1.80. The highest BCUT2D eigenvalue weighted by Crippen LogP contribution is 2.23. The largest absolute Gasteiger partial charge is 0.326 e. The minimum atomic E-state index is -0.549. The van der Waals surface area contributed by atoms with E-state index in [-0.39, 0.29) is 34.3 Å². The summed E-state index contributed by atoms with van der Waals surface area (Å²) in [5.41, 5.74) is 1.49. The van der Waals surface area contributed by atoms with Crippen molar-refractivity contribution in [2.24, 2.45) is 4.99 Å². The van der Waals surface area contributed by atoms with Gasteiger partial charge in [0.25, 0.3) is 5.91 Å². The molecule has 3 rings (SSSR count). The maximum atomic E-state index is 13.8. The van der Waals surface area contributed by atoms with Gasteiger partial charge in [-0.2, -0.15) is 0 Å². The van der Waals surface area contributed by atoms with Crippen molar-refractivity contribution in [2.75, 3.05) is 5.32 Å². The number of aliphatic imine (C=N–C) groups is 1. The highest BCUT2D eigenvalue weighted by atomic mass is 35.5. The summed E-state index contributed by atoms with van der Waals surface area (Å²) in [5, 5.41) is 5.73. The molecule has 0 aliphatic heterocycles. The first-order valence-corrected chi connectivity index (χ1v) is 10.7. The molecule has 2 unspecified atom stereocenters. The van der Waals surface area contributed by atoms with Gasteiger partial charge in [-0.05, 0) is 79.4 Å². The molecular weight excluding hydrogens is 451 g/mol. The van der Waals surface area contributed by atoms with Crippen LogP contribution in [-0.2, 0) is 0 Å². The van der Waals surface area contributed by atoms with Crippen molar-refractivity contribution in [1.29, 1.82) is 0 Å². The Hall–Kier alpha value is -3.32. The molecule has 0 saturated heterocycles. The zero-order valence-corrected chi connectivity index (χ0v) is 18.8. The summed E-state index contributed by atoms with van der Waals surface area (Å²) in [5.74, 6) is -1.67. The summed E-state index contributed by atoms with van der Waals surface area (Å²) in [7, 11) is 0. The monoisotopic (exact) mass is 473 g/mol. The SMILES string of the molecule is CC(CC(C)c1ccc(F)cc1)N=C(NC(=O)c1ccc(F)cc1)Nc1cc(F)cc(Cl)c1. The number of amides is 1. The molecule has 0 bridgehead atoms. The van der Waals surface area contributed by atoms with Crippen LogP contribution < -0.4 is 10.6 Å². The second-order valence-corrected chi connectivity index (χ2v) is 8.20. The first-order chi connectivity index (χ1) is 15.7. The smallest absolute Gasteiger partial charge is 0.257 e. The highest BCUT2D eigenvalue weighted by Gasteiger charge is 2.15. The summed E-state index contributed by atoms with van der Waals surface area (Å²) in [6, 6.07) is 14.9. The van der Waals surface area contributed by atoms with Gasteiger partial charge in [0.2, 0.25) is 5.96 Å². The number of nitrogens with zero attached hydrogens (tertiary/aromatic N) is 1. The van der Waals surface area contributed by atoms with Crippen LogP contribution in [0.3, 0.4) is 0 Å². The van der Waals surface area contributed by atoms with E-state index in [1.54, 1.807) is 12.1 Å². The van der Waals surface area contributed by atoms with E-state index in [1.165, 1.54) is 48.5 Å². The minimum absolute atomic E-state index is 0.0713. The lowest BCUT2D eigenvalue weighted by molar-refractivity contribution is 0.0977. The second kappa shape index (κ2) is 11.0. The lowest BCUT2D eigenvalue weighted by Gasteiger charge is -2.18. The fourth-order valence-electron chi connectivity index (χ4n) is 3.35. The average Bonchev–Trinajstić information content (AvgIpc) is 2.73. The van der Waals surface area contributed by atoms with Crippen molar-refractivity contribution in [2.45, 2.75) is 32.2 Å². The van der Waals surface area contributed by atoms with Gasteiger partial charge in [0.1, 0.15) is 17.5 Å². The quantitative estimate of drug-likeness (QED) is 0.315. The average molecular weight is 474 g/mol. The van der Waals surface area contributed by atoms with Crippen molar-refractivity contribution in [3.8, 4) is 0 Å². The van der Waals surface area contributed by atoms with E-state index < -0.39 is 17.5 Å².